The van der Waals surface area contributed by atoms with Crippen LogP contribution in [0, 0.1) is 0 Å². The molecule has 1 saturated heterocycles. The van der Waals surface area contributed by atoms with Crippen LogP contribution in [0.3, 0.4) is 0 Å². The van der Waals surface area contributed by atoms with Gasteiger partial charge in [-0.2, -0.15) is 0 Å². The zero-order chi connectivity index (χ0) is 15.5. The predicted molar refractivity (Wildman–Crippen MR) is 92.2 cm³/mol. The molecule has 0 spiro atoms. The standard InChI is InChI=1S/C17H13ClN2OS/c18-14-8-6-13(7-9-14)11-20-15(16(21)19-17(20)22)10-12-4-2-1-3-5-12/h1-10H,11H2,(H,19,21,22)/b15-10+. The van der Waals surface area contributed by atoms with E-state index in [0.29, 0.717) is 22.4 Å². The molecule has 0 bridgehead atoms. The fraction of sp³-hybridized carbons (Fsp3) is 0.0588. The van der Waals surface area contributed by atoms with E-state index in [1.165, 1.54) is 0 Å². The third-order valence-corrected chi connectivity index (χ3v) is 3.92. The quantitative estimate of drug-likeness (QED) is 0.690. The van der Waals surface area contributed by atoms with Crippen LogP contribution in [0.1, 0.15) is 11.1 Å². The van der Waals surface area contributed by atoms with Crippen molar-refractivity contribution in [2.24, 2.45) is 0 Å². The van der Waals surface area contributed by atoms with Gasteiger partial charge in [0.25, 0.3) is 5.91 Å². The van der Waals surface area contributed by atoms with Crippen LogP contribution in [0.5, 0.6) is 0 Å². The smallest absolute Gasteiger partial charge is 0.274 e. The molecule has 3 rings (SSSR count). The molecule has 0 atom stereocenters. The average molecular weight is 329 g/mol. The van der Waals surface area contributed by atoms with Gasteiger partial charge in [-0.1, -0.05) is 54.1 Å². The third kappa shape index (κ3) is 3.18. The van der Waals surface area contributed by atoms with Gasteiger partial charge in [-0.3, -0.25) is 10.1 Å². The molecule has 1 aliphatic rings. The van der Waals surface area contributed by atoms with Gasteiger partial charge in [-0.05, 0) is 41.6 Å². The number of carbonyl (C=O) groups is 1. The van der Waals surface area contributed by atoms with Gasteiger partial charge in [0.2, 0.25) is 0 Å². The minimum Gasteiger partial charge on any atom is -0.309 e. The molecule has 2 aromatic carbocycles. The number of hydrogen-bond acceptors (Lipinski definition) is 2. The molecule has 1 N–H and O–H groups in total. The van der Waals surface area contributed by atoms with Crippen molar-refractivity contribution in [3.63, 3.8) is 0 Å². The van der Waals surface area contributed by atoms with Gasteiger partial charge in [0, 0.05) is 5.02 Å². The Morgan fingerprint density at radius 3 is 2.45 bits per heavy atom. The summed E-state index contributed by atoms with van der Waals surface area (Å²) in [7, 11) is 0. The first kappa shape index (κ1) is 14.8. The minimum absolute atomic E-state index is 0.178. The number of nitrogens with one attached hydrogen (secondary N) is 1. The SMILES string of the molecule is O=C1NC(=S)N(Cc2ccc(Cl)cc2)/C1=C/c1ccccc1. The van der Waals surface area contributed by atoms with Crippen molar-refractivity contribution in [3.05, 3.63) is 76.4 Å². The number of thiocarbonyl (C=S) groups is 1. The molecule has 5 heteroatoms. The molecule has 3 nitrogen and oxygen atoms in total. The van der Waals surface area contributed by atoms with Gasteiger partial charge in [-0.15, -0.1) is 0 Å². The lowest BCUT2D eigenvalue weighted by Crippen LogP contribution is -2.26. The molecule has 1 heterocycles. The summed E-state index contributed by atoms with van der Waals surface area (Å²) in [4.78, 5) is 13.9. The predicted octanol–water partition coefficient (Wildman–Crippen LogP) is 3.60. The van der Waals surface area contributed by atoms with E-state index >= 15 is 0 Å². The molecule has 1 aliphatic heterocycles. The summed E-state index contributed by atoms with van der Waals surface area (Å²) in [5.41, 5.74) is 2.53. The zero-order valence-corrected chi connectivity index (χ0v) is 13.2. The van der Waals surface area contributed by atoms with Crippen molar-refractivity contribution < 1.29 is 4.79 Å². The molecule has 2 aromatic rings. The van der Waals surface area contributed by atoms with Crippen molar-refractivity contribution in [1.29, 1.82) is 0 Å². The van der Waals surface area contributed by atoms with E-state index in [9.17, 15) is 4.79 Å². The van der Waals surface area contributed by atoms with Crippen molar-refractivity contribution in [3.8, 4) is 0 Å². The second-order valence-electron chi connectivity index (χ2n) is 4.91. The largest absolute Gasteiger partial charge is 0.309 e. The molecule has 0 saturated carbocycles. The Labute approximate surface area is 139 Å². The lowest BCUT2D eigenvalue weighted by Gasteiger charge is -2.17. The summed E-state index contributed by atoms with van der Waals surface area (Å²) in [6.45, 7) is 0.521. The zero-order valence-electron chi connectivity index (χ0n) is 11.6. The van der Waals surface area contributed by atoms with Crippen molar-refractivity contribution in [1.82, 2.24) is 10.2 Å². The Balaban J connectivity index is 1.90. The van der Waals surface area contributed by atoms with Gasteiger partial charge < -0.3 is 4.90 Å². The van der Waals surface area contributed by atoms with E-state index < -0.39 is 0 Å². The maximum absolute atomic E-state index is 12.1. The van der Waals surface area contributed by atoms with Crippen LogP contribution < -0.4 is 5.32 Å². The van der Waals surface area contributed by atoms with Crippen LogP contribution in [-0.4, -0.2) is 15.9 Å². The van der Waals surface area contributed by atoms with Gasteiger partial charge >= 0.3 is 0 Å². The van der Waals surface area contributed by atoms with Crippen LogP contribution in [0.25, 0.3) is 6.08 Å². The second kappa shape index (κ2) is 6.30. The molecular weight excluding hydrogens is 316 g/mol. The normalized spacial score (nSPS) is 16.2. The first-order chi connectivity index (χ1) is 10.6. The molecule has 0 aliphatic carbocycles. The summed E-state index contributed by atoms with van der Waals surface area (Å²) < 4.78 is 0. The molecule has 0 aromatic heterocycles. The maximum atomic E-state index is 12.1. The van der Waals surface area contributed by atoms with Crippen molar-refractivity contribution in [2.75, 3.05) is 0 Å². The lowest BCUT2D eigenvalue weighted by molar-refractivity contribution is -0.115. The topological polar surface area (TPSA) is 32.3 Å². The number of halogens is 1. The number of nitrogens with zero attached hydrogens (tertiary/aromatic N) is 1. The van der Waals surface area contributed by atoms with Gasteiger partial charge in [0.15, 0.2) is 5.11 Å². The molecule has 1 amide bonds. The summed E-state index contributed by atoms with van der Waals surface area (Å²) in [6, 6.07) is 17.2. The van der Waals surface area contributed by atoms with E-state index in [1.54, 1.807) is 4.90 Å². The summed E-state index contributed by atoms with van der Waals surface area (Å²) in [5, 5.41) is 3.79. The highest BCUT2D eigenvalue weighted by atomic mass is 35.5. The van der Waals surface area contributed by atoms with E-state index in [0.717, 1.165) is 11.1 Å². The molecule has 22 heavy (non-hydrogen) atoms. The molecule has 1 fully saturated rings. The Morgan fingerprint density at radius 2 is 1.77 bits per heavy atom. The molecule has 0 unspecified atom stereocenters. The van der Waals surface area contributed by atoms with E-state index in [2.05, 4.69) is 5.32 Å². The Morgan fingerprint density at radius 1 is 1.09 bits per heavy atom. The highest BCUT2D eigenvalue weighted by Crippen LogP contribution is 2.21. The third-order valence-electron chi connectivity index (χ3n) is 3.35. The monoisotopic (exact) mass is 328 g/mol. The van der Waals surface area contributed by atoms with E-state index in [-0.39, 0.29) is 5.91 Å². The van der Waals surface area contributed by atoms with Crippen molar-refractivity contribution in [2.45, 2.75) is 6.54 Å². The second-order valence-corrected chi connectivity index (χ2v) is 5.74. The van der Waals surface area contributed by atoms with Gasteiger partial charge in [0.1, 0.15) is 5.70 Å². The van der Waals surface area contributed by atoms with Crippen LogP contribution in [0.2, 0.25) is 5.02 Å². The minimum atomic E-state index is -0.178. The van der Waals surface area contributed by atoms with E-state index in [4.69, 9.17) is 23.8 Å². The molecule has 0 radical (unpaired) electrons. The van der Waals surface area contributed by atoms with E-state index in [1.807, 2.05) is 60.7 Å². The average Bonchev–Trinajstić information content (AvgIpc) is 2.77. The summed E-state index contributed by atoms with van der Waals surface area (Å²) >= 11 is 11.2. The first-order valence-corrected chi connectivity index (χ1v) is 7.56. The summed E-state index contributed by atoms with van der Waals surface area (Å²) in [6.07, 6.45) is 1.84. The number of benzene rings is 2. The van der Waals surface area contributed by atoms with Crippen LogP contribution in [0.15, 0.2) is 60.3 Å². The first-order valence-electron chi connectivity index (χ1n) is 6.77. The van der Waals surface area contributed by atoms with Crippen LogP contribution in [0.4, 0.5) is 0 Å². The Kier molecular flexibility index (Phi) is 4.22. The number of carbonyl (C=O) groups excluding carboxylic acids is 1. The van der Waals surface area contributed by atoms with Gasteiger partial charge in [0.05, 0.1) is 6.54 Å². The Bertz CT molecular complexity index is 741. The highest BCUT2D eigenvalue weighted by Gasteiger charge is 2.29. The fourth-order valence-corrected chi connectivity index (χ4v) is 2.62. The van der Waals surface area contributed by atoms with Crippen LogP contribution >= 0.6 is 23.8 Å². The summed E-state index contributed by atoms with van der Waals surface area (Å²) in [5.74, 6) is -0.178. The van der Waals surface area contributed by atoms with Crippen LogP contribution in [-0.2, 0) is 11.3 Å². The molecular formula is C17H13ClN2OS. The Hall–Kier alpha value is -2.17. The number of hydrogen-bond donors (Lipinski definition) is 1. The van der Waals surface area contributed by atoms with Crippen molar-refractivity contribution >= 4 is 40.9 Å². The number of rotatable bonds is 3. The molecule has 110 valence electrons. The number of amides is 1. The fourth-order valence-electron chi connectivity index (χ4n) is 2.24. The lowest BCUT2D eigenvalue weighted by atomic mass is 10.1. The maximum Gasteiger partial charge on any atom is 0.274 e. The highest BCUT2D eigenvalue weighted by molar-refractivity contribution is 7.80. The van der Waals surface area contributed by atoms with Gasteiger partial charge in [-0.25, -0.2) is 0 Å².